The van der Waals surface area contributed by atoms with Crippen molar-refractivity contribution >= 4 is 33.2 Å². The van der Waals surface area contributed by atoms with Gasteiger partial charge in [0.05, 0.1) is 30.2 Å². The number of carbonyl (C=O) groups excluding carboxylic acids is 1. The first kappa shape index (κ1) is 18.4. The molecule has 138 valence electrons. The molecule has 2 aromatic heterocycles. The molecular weight excluding hydrogens is 414 g/mol. The van der Waals surface area contributed by atoms with Gasteiger partial charge in [-0.15, -0.1) is 0 Å². The number of ketones is 1. The van der Waals surface area contributed by atoms with Gasteiger partial charge >= 0.3 is 5.69 Å². The fourth-order valence-corrected chi connectivity index (χ4v) is 3.01. The normalized spacial score (nSPS) is 16.5. The number of aromatic amines is 1. The van der Waals surface area contributed by atoms with Crippen LogP contribution in [-0.4, -0.2) is 44.7 Å². The number of anilines is 2. The van der Waals surface area contributed by atoms with Crippen LogP contribution in [0, 0.1) is 0 Å². The van der Waals surface area contributed by atoms with Gasteiger partial charge in [0.25, 0.3) is 5.92 Å². The molecular formula is C15H15BrF2N6O2. The highest BCUT2D eigenvalue weighted by Crippen LogP contribution is 2.31. The van der Waals surface area contributed by atoms with Gasteiger partial charge in [0.15, 0.2) is 11.6 Å². The largest absolute Gasteiger partial charge is 0.382 e. The Labute approximate surface area is 155 Å². The number of nitrogens with two attached hydrogens (primary N) is 1. The lowest BCUT2D eigenvalue weighted by Crippen LogP contribution is -2.40. The number of H-pyrrole nitrogens is 1. The number of nitrogens with one attached hydrogen (secondary N) is 1. The molecule has 0 atom stereocenters. The van der Waals surface area contributed by atoms with Crippen molar-refractivity contribution in [3.8, 4) is 0 Å². The quantitative estimate of drug-likeness (QED) is 0.709. The third-order valence-corrected chi connectivity index (χ3v) is 4.46. The van der Waals surface area contributed by atoms with Crippen LogP contribution >= 0.6 is 15.9 Å². The predicted octanol–water partition coefficient (Wildman–Crippen LogP) is 1.57. The molecule has 0 amide bonds. The molecule has 0 spiro atoms. The summed E-state index contributed by atoms with van der Waals surface area (Å²) in [6.07, 6.45) is 1.84. The molecule has 0 unspecified atom stereocenters. The number of alkyl halides is 2. The molecule has 3 rings (SSSR count). The SMILES string of the molecule is Nc1ncc(Br)nc1C(=O)Cc1[nH]c(=O)ncc1N1CCC(F)(F)CC1. The zero-order valence-corrected chi connectivity index (χ0v) is 15.1. The third-order valence-electron chi connectivity index (χ3n) is 4.08. The molecule has 1 aliphatic heterocycles. The van der Waals surface area contributed by atoms with E-state index in [9.17, 15) is 18.4 Å². The molecule has 0 bridgehead atoms. The second-order valence-corrected chi connectivity index (χ2v) is 6.73. The van der Waals surface area contributed by atoms with Gasteiger partial charge in [-0.2, -0.15) is 4.98 Å². The Hall–Kier alpha value is -2.43. The van der Waals surface area contributed by atoms with Crippen molar-refractivity contribution in [3.63, 3.8) is 0 Å². The van der Waals surface area contributed by atoms with E-state index in [-0.39, 0.29) is 49.6 Å². The topological polar surface area (TPSA) is 118 Å². The zero-order valence-electron chi connectivity index (χ0n) is 13.5. The fourth-order valence-electron chi connectivity index (χ4n) is 2.73. The van der Waals surface area contributed by atoms with Gasteiger partial charge in [0.2, 0.25) is 0 Å². The second kappa shape index (κ2) is 7.06. The lowest BCUT2D eigenvalue weighted by Gasteiger charge is -2.33. The Morgan fingerprint density at radius 3 is 2.69 bits per heavy atom. The molecule has 3 N–H and O–H groups in total. The Bertz CT molecular complexity index is 894. The summed E-state index contributed by atoms with van der Waals surface area (Å²) in [7, 11) is 0. The number of nitrogen functional groups attached to an aromatic ring is 1. The van der Waals surface area contributed by atoms with Gasteiger partial charge in [-0.25, -0.2) is 23.5 Å². The van der Waals surface area contributed by atoms with Crippen LogP contribution in [0.4, 0.5) is 20.3 Å². The number of carbonyl (C=O) groups is 1. The van der Waals surface area contributed by atoms with E-state index in [1.807, 2.05) is 0 Å². The van der Waals surface area contributed by atoms with Gasteiger partial charge < -0.3 is 15.6 Å². The summed E-state index contributed by atoms with van der Waals surface area (Å²) < 4.78 is 27.1. The summed E-state index contributed by atoms with van der Waals surface area (Å²) in [5.41, 5.74) is 5.74. The van der Waals surface area contributed by atoms with Crippen molar-refractivity contribution < 1.29 is 13.6 Å². The average molecular weight is 429 g/mol. The first-order chi connectivity index (χ1) is 12.2. The van der Waals surface area contributed by atoms with Crippen molar-refractivity contribution in [1.82, 2.24) is 19.9 Å². The average Bonchev–Trinajstić information content (AvgIpc) is 2.58. The maximum absolute atomic E-state index is 13.4. The van der Waals surface area contributed by atoms with Gasteiger partial charge in [-0.1, -0.05) is 0 Å². The number of hydrogen-bond acceptors (Lipinski definition) is 7. The lowest BCUT2D eigenvalue weighted by atomic mass is 10.0. The van der Waals surface area contributed by atoms with Crippen LogP contribution in [0.3, 0.4) is 0 Å². The molecule has 2 aromatic rings. The molecule has 0 radical (unpaired) electrons. The number of nitrogens with zero attached hydrogens (tertiary/aromatic N) is 4. The van der Waals surface area contributed by atoms with Gasteiger partial charge in [0, 0.05) is 25.9 Å². The predicted molar refractivity (Wildman–Crippen MR) is 93.4 cm³/mol. The maximum Gasteiger partial charge on any atom is 0.345 e. The summed E-state index contributed by atoms with van der Waals surface area (Å²) in [4.78, 5) is 39.9. The van der Waals surface area contributed by atoms with Crippen LogP contribution in [0.15, 0.2) is 21.8 Å². The zero-order chi connectivity index (χ0) is 18.9. The highest BCUT2D eigenvalue weighted by molar-refractivity contribution is 9.10. The molecule has 1 saturated heterocycles. The maximum atomic E-state index is 13.4. The highest BCUT2D eigenvalue weighted by atomic mass is 79.9. The number of halogens is 3. The van der Waals surface area contributed by atoms with Gasteiger partial charge in [0.1, 0.15) is 10.3 Å². The Morgan fingerprint density at radius 2 is 2.00 bits per heavy atom. The molecule has 11 heteroatoms. The van der Waals surface area contributed by atoms with Crippen LogP contribution in [0.25, 0.3) is 0 Å². The number of piperidine rings is 1. The van der Waals surface area contributed by atoms with Crippen molar-refractivity contribution in [1.29, 1.82) is 0 Å². The van der Waals surface area contributed by atoms with Crippen LogP contribution < -0.4 is 16.3 Å². The van der Waals surface area contributed by atoms with Crippen LogP contribution in [0.2, 0.25) is 0 Å². The van der Waals surface area contributed by atoms with E-state index in [1.165, 1.54) is 12.4 Å². The Balaban J connectivity index is 1.88. The van der Waals surface area contributed by atoms with Crippen molar-refractivity contribution in [2.24, 2.45) is 0 Å². The minimum atomic E-state index is -2.71. The van der Waals surface area contributed by atoms with Crippen molar-refractivity contribution in [3.05, 3.63) is 38.9 Å². The molecule has 8 nitrogen and oxygen atoms in total. The van der Waals surface area contributed by atoms with Crippen molar-refractivity contribution in [2.75, 3.05) is 23.7 Å². The molecule has 0 aromatic carbocycles. The smallest absolute Gasteiger partial charge is 0.345 e. The number of aromatic nitrogens is 4. The van der Waals surface area contributed by atoms with Crippen LogP contribution in [0.5, 0.6) is 0 Å². The van der Waals surface area contributed by atoms with E-state index in [0.29, 0.717) is 10.3 Å². The van der Waals surface area contributed by atoms with E-state index in [2.05, 4.69) is 35.9 Å². The third kappa shape index (κ3) is 4.03. The Kier molecular flexibility index (Phi) is 4.99. The molecule has 0 saturated carbocycles. The Morgan fingerprint density at radius 1 is 1.31 bits per heavy atom. The second-order valence-electron chi connectivity index (χ2n) is 5.92. The fraction of sp³-hybridized carbons (Fsp3) is 0.400. The summed E-state index contributed by atoms with van der Waals surface area (Å²) in [6.45, 7) is 0.196. The van der Waals surface area contributed by atoms with Crippen molar-refractivity contribution in [2.45, 2.75) is 25.2 Å². The first-order valence-electron chi connectivity index (χ1n) is 7.77. The van der Waals surface area contributed by atoms with Gasteiger partial charge in [-0.3, -0.25) is 4.79 Å². The number of rotatable bonds is 4. The van der Waals surface area contributed by atoms with E-state index < -0.39 is 17.4 Å². The molecule has 3 heterocycles. The standard InChI is InChI=1S/C15H15BrF2N6O2/c16-11-7-20-13(19)12(23-11)10(25)5-8-9(6-21-14(26)22-8)24-3-1-15(17,18)2-4-24/h6-7H,1-5H2,(H2,19,20)(H,21,22,26). The van der Waals surface area contributed by atoms with Crippen LogP contribution in [-0.2, 0) is 6.42 Å². The summed E-state index contributed by atoms with van der Waals surface area (Å²) >= 11 is 3.12. The first-order valence-corrected chi connectivity index (χ1v) is 8.57. The monoisotopic (exact) mass is 428 g/mol. The summed E-state index contributed by atoms with van der Waals surface area (Å²) in [6, 6.07) is 0. The van der Waals surface area contributed by atoms with E-state index in [4.69, 9.17) is 5.73 Å². The summed E-state index contributed by atoms with van der Waals surface area (Å²) in [5, 5.41) is 0. The summed E-state index contributed by atoms with van der Waals surface area (Å²) in [5.74, 6) is -3.20. The number of hydrogen-bond donors (Lipinski definition) is 2. The van der Waals surface area contributed by atoms with E-state index in [0.717, 1.165) is 0 Å². The molecule has 1 aliphatic rings. The number of Topliss-reactive ketones (excluding diaryl/α,β-unsaturated/α-hetero) is 1. The van der Waals surface area contributed by atoms with E-state index in [1.54, 1.807) is 4.90 Å². The molecule has 26 heavy (non-hydrogen) atoms. The minimum absolute atomic E-state index is 0.0335. The molecule has 0 aliphatic carbocycles. The highest BCUT2D eigenvalue weighted by Gasteiger charge is 2.35. The van der Waals surface area contributed by atoms with Crippen LogP contribution in [0.1, 0.15) is 29.0 Å². The van der Waals surface area contributed by atoms with E-state index >= 15 is 0 Å². The minimum Gasteiger partial charge on any atom is -0.382 e. The lowest BCUT2D eigenvalue weighted by molar-refractivity contribution is -0.0221. The van der Waals surface area contributed by atoms with Gasteiger partial charge in [-0.05, 0) is 15.9 Å². The molecule has 1 fully saturated rings.